The van der Waals surface area contributed by atoms with Crippen molar-refractivity contribution >= 4 is 10.0 Å². The highest BCUT2D eigenvalue weighted by Gasteiger charge is 2.32. The van der Waals surface area contributed by atoms with Crippen LogP contribution in [0.1, 0.15) is 59.3 Å². The van der Waals surface area contributed by atoms with Crippen LogP contribution in [0.3, 0.4) is 0 Å². The normalized spacial score (nSPS) is 20.4. The van der Waals surface area contributed by atoms with E-state index in [4.69, 9.17) is 0 Å². The maximum absolute atomic E-state index is 12.3. The SMILES string of the molecule is CCCNCCCS(=O)(=O)N(C)C1CCC(C)(C)CC1. The lowest BCUT2D eigenvalue weighted by Crippen LogP contribution is -2.42. The van der Waals surface area contributed by atoms with Gasteiger partial charge in [-0.25, -0.2) is 12.7 Å². The van der Waals surface area contributed by atoms with Crippen LogP contribution >= 0.6 is 0 Å². The molecule has 120 valence electrons. The quantitative estimate of drug-likeness (QED) is 0.701. The van der Waals surface area contributed by atoms with Crippen LogP contribution in [0, 0.1) is 5.41 Å². The first-order valence-corrected chi connectivity index (χ1v) is 9.56. The minimum absolute atomic E-state index is 0.205. The number of nitrogens with one attached hydrogen (secondary N) is 1. The second-order valence-corrected chi connectivity index (χ2v) is 8.98. The number of sulfonamides is 1. The van der Waals surface area contributed by atoms with E-state index in [0.29, 0.717) is 11.8 Å². The third-order valence-corrected chi connectivity index (χ3v) is 6.42. The van der Waals surface area contributed by atoms with Crippen molar-refractivity contribution in [2.24, 2.45) is 5.41 Å². The molecule has 1 N–H and O–H groups in total. The average Bonchev–Trinajstić information content (AvgIpc) is 2.37. The molecule has 0 radical (unpaired) electrons. The summed E-state index contributed by atoms with van der Waals surface area (Å²) in [6.07, 6.45) is 6.02. The molecule has 0 heterocycles. The molecule has 0 aromatic carbocycles. The fourth-order valence-corrected chi connectivity index (χ4v) is 4.26. The van der Waals surface area contributed by atoms with Crippen LogP contribution in [0.25, 0.3) is 0 Å². The van der Waals surface area contributed by atoms with E-state index in [-0.39, 0.29) is 11.8 Å². The molecule has 0 spiro atoms. The fraction of sp³-hybridized carbons (Fsp3) is 1.00. The number of hydrogen-bond acceptors (Lipinski definition) is 3. The summed E-state index contributed by atoms with van der Waals surface area (Å²) < 4.78 is 26.3. The molecule has 20 heavy (non-hydrogen) atoms. The Hall–Kier alpha value is -0.130. The van der Waals surface area contributed by atoms with Gasteiger partial charge in [0.25, 0.3) is 0 Å². The molecule has 1 aliphatic carbocycles. The summed E-state index contributed by atoms with van der Waals surface area (Å²) in [6.45, 7) is 8.42. The highest BCUT2D eigenvalue weighted by atomic mass is 32.2. The fourth-order valence-electron chi connectivity index (χ4n) is 2.80. The first kappa shape index (κ1) is 17.9. The molecule has 1 rings (SSSR count). The van der Waals surface area contributed by atoms with Gasteiger partial charge >= 0.3 is 0 Å². The Morgan fingerprint density at radius 3 is 2.35 bits per heavy atom. The van der Waals surface area contributed by atoms with Gasteiger partial charge in [0.2, 0.25) is 10.0 Å². The molecular weight excluding hydrogens is 272 g/mol. The van der Waals surface area contributed by atoms with E-state index in [1.807, 2.05) is 0 Å². The Bertz CT molecular complexity index is 369. The third kappa shape index (κ3) is 5.70. The Morgan fingerprint density at radius 1 is 1.20 bits per heavy atom. The van der Waals surface area contributed by atoms with Gasteiger partial charge in [0.15, 0.2) is 0 Å². The van der Waals surface area contributed by atoms with Gasteiger partial charge in [-0.3, -0.25) is 0 Å². The number of hydrogen-bond donors (Lipinski definition) is 1. The summed E-state index contributed by atoms with van der Waals surface area (Å²) >= 11 is 0. The van der Waals surface area contributed by atoms with E-state index in [9.17, 15) is 8.42 Å². The molecule has 0 amide bonds. The van der Waals surface area contributed by atoms with Crippen LogP contribution < -0.4 is 5.32 Å². The van der Waals surface area contributed by atoms with E-state index in [1.165, 1.54) is 0 Å². The van der Waals surface area contributed by atoms with Crippen LogP contribution in [0.2, 0.25) is 0 Å². The van der Waals surface area contributed by atoms with Gasteiger partial charge in [0, 0.05) is 13.1 Å². The third-order valence-electron chi connectivity index (χ3n) is 4.44. The molecule has 0 bridgehead atoms. The monoisotopic (exact) mass is 304 g/mol. The van der Waals surface area contributed by atoms with Gasteiger partial charge in [-0.15, -0.1) is 0 Å². The first-order chi connectivity index (χ1) is 9.28. The predicted octanol–water partition coefficient (Wildman–Crippen LogP) is 2.61. The average molecular weight is 305 g/mol. The van der Waals surface area contributed by atoms with Gasteiger partial charge in [0.05, 0.1) is 5.75 Å². The maximum atomic E-state index is 12.3. The molecule has 0 aliphatic heterocycles. The van der Waals surface area contributed by atoms with Crippen LogP contribution in [-0.2, 0) is 10.0 Å². The summed E-state index contributed by atoms with van der Waals surface area (Å²) in [5, 5.41) is 3.25. The molecule has 0 aromatic heterocycles. The standard InChI is InChI=1S/C15H32N2O2S/c1-5-11-16-12-6-13-20(18,19)17(4)14-7-9-15(2,3)10-8-14/h14,16H,5-13H2,1-4H3. The van der Waals surface area contributed by atoms with E-state index in [2.05, 4.69) is 26.1 Å². The van der Waals surface area contributed by atoms with Crippen molar-refractivity contribution in [2.75, 3.05) is 25.9 Å². The van der Waals surface area contributed by atoms with Crippen molar-refractivity contribution in [3.05, 3.63) is 0 Å². The zero-order valence-electron chi connectivity index (χ0n) is 13.6. The Morgan fingerprint density at radius 2 is 1.80 bits per heavy atom. The lowest BCUT2D eigenvalue weighted by atomic mass is 9.76. The highest BCUT2D eigenvalue weighted by molar-refractivity contribution is 7.89. The largest absolute Gasteiger partial charge is 0.317 e. The Balaban J connectivity index is 2.39. The van der Waals surface area contributed by atoms with E-state index >= 15 is 0 Å². The van der Waals surface area contributed by atoms with Gasteiger partial charge in [-0.05, 0) is 57.0 Å². The minimum Gasteiger partial charge on any atom is -0.317 e. The van der Waals surface area contributed by atoms with Gasteiger partial charge in [0.1, 0.15) is 0 Å². The van der Waals surface area contributed by atoms with Crippen LogP contribution in [-0.4, -0.2) is 44.7 Å². The zero-order valence-corrected chi connectivity index (χ0v) is 14.4. The van der Waals surface area contributed by atoms with E-state index in [1.54, 1.807) is 11.4 Å². The minimum atomic E-state index is -3.09. The first-order valence-electron chi connectivity index (χ1n) is 7.95. The Labute approximate surface area is 125 Å². The molecule has 0 atom stereocenters. The van der Waals surface area contributed by atoms with Crippen molar-refractivity contribution in [3.63, 3.8) is 0 Å². The van der Waals surface area contributed by atoms with Crippen molar-refractivity contribution in [3.8, 4) is 0 Å². The smallest absolute Gasteiger partial charge is 0.214 e. The van der Waals surface area contributed by atoms with Crippen LogP contribution in [0.4, 0.5) is 0 Å². The van der Waals surface area contributed by atoms with Crippen molar-refractivity contribution in [2.45, 2.75) is 65.3 Å². The van der Waals surface area contributed by atoms with Crippen LogP contribution in [0.5, 0.6) is 0 Å². The Kier molecular flexibility index (Phi) is 6.95. The van der Waals surface area contributed by atoms with Gasteiger partial charge in [-0.2, -0.15) is 0 Å². The molecule has 0 saturated heterocycles. The van der Waals surface area contributed by atoms with Gasteiger partial charge < -0.3 is 5.32 Å². The molecule has 1 fully saturated rings. The molecular formula is C15H32N2O2S. The van der Waals surface area contributed by atoms with Crippen molar-refractivity contribution < 1.29 is 8.42 Å². The number of nitrogens with zero attached hydrogens (tertiary/aromatic N) is 1. The summed E-state index contributed by atoms with van der Waals surface area (Å²) in [5.41, 5.74) is 0.380. The lowest BCUT2D eigenvalue weighted by molar-refractivity contribution is 0.174. The molecule has 1 saturated carbocycles. The zero-order chi connectivity index (χ0) is 15.2. The molecule has 5 heteroatoms. The van der Waals surface area contributed by atoms with Crippen molar-refractivity contribution in [1.82, 2.24) is 9.62 Å². The number of rotatable bonds is 8. The van der Waals surface area contributed by atoms with E-state index in [0.717, 1.165) is 45.2 Å². The topological polar surface area (TPSA) is 49.4 Å². The molecule has 1 aliphatic rings. The molecule has 4 nitrogen and oxygen atoms in total. The summed E-state index contributed by atoms with van der Waals surface area (Å²) in [4.78, 5) is 0. The summed E-state index contributed by atoms with van der Waals surface area (Å²) in [5.74, 6) is 0.264. The lowest BCUT2D eigenvalue weighted by Gasteiger charge is -2.38. The summed E-state index contributed by atoms with van der Waals surface area (Å²) in [7, 11) is -1.33. The molecule has 0 aromatic rings. The van der Waals surface area contributed by atoms with Gasteiger partial charge in [-0.1, -0.05) is 20.8 Å². The highest BCUT2D eigenvalue weighted by Crippen LogP contribution is 2.37. The second-order valence-electron chi connectivity index (χ2n) is 6.83. The predicted molar refractivity (Wildman–Crippen MR) is 85.4 cm³/mol. The maximum Gasteiger partial charge on any atom is 0.214 e. The van der Waals surface area contributed by atoms with Crippen molar-refractivity contribution in [1.29, 1.82) is 0 Å². The molecule has 0 unspecified atom stereocenters. The second kappa shape index (κ2) is 7.76. The van der Waals surface area contributed by atoms with E-state index < -0.39 is 10.0 Å². The summed E-state index contributed by atoms with van der Waals surface area (Å²) in [6, 6.07) is 0.205. The van der Waals surface area contributed by atoms with Crippen LogP contribution in [0.15, 0.2) is 0 Å².